The van der Waals surface area contributed by atoms with Crippen molar-refractivity contribution in [3.8, 4) is 0 Å². The number of methoxy groups -OCH3 is 1. The van der Waals surface area contributed by atoms with Crippen molar-refractivity contribution in [2.24, 2.45) is 0 Å². The van der Waals surface area contributed by atoms with Gasteiger partial charge in [0.1, 0.15) is 6.26 Å². The molecule has 0 bridgehead atoms. The molecule has 1 amide bonds. The summed E-state index contributed by atoms with van der Waals surface area (Å²) >= 11 is 0. The highest BCUT2D eigenvalue weighted by molar-refractivity contribution is 5.96. The minimum Gasteiger partial charge on any atom is -0.464 e. The number of hydrogen-bond acceptors (Lipinski definition) is 6. The minimum atomic E-state index is -0.536. The highest BCUT2D eigenvalue weighted by Crippen LogP contribution is 2.21. The van der Waals surface area contributed by atoms with Gasteiger partial charge in [-0.15, -0.1) is 0 Å². The Labute approximate surface area is 133 Å². The zero-order chi connectivity index (χ0) is 16.2. The number of carbonyl (C=O) groups is 2. The summed E-state index contributed by atoms with van der Waals surface area (Å²) in [7, 11) is 1.29. The van der Waals surface area contributed by atoms with E-state index in [4.69, 9.17) is 4.42 Å². The molecule has 2 heterocycles. The topological polar surface area (TPSA) is 84.7 Å². The SMILES string of the molecule is COC(=O)c1coc(CNC2CC(=O)N(c3ccccc3)C2)n1. The third kappa shape index (κ3) is 3.40. The van der Waals surface area contributed by atoms with E-state index in [0.717, 1.165) is 5.69 Å². The van der Waals surface area contributed by atoms with E-state index in [-0.39, 0.29) is 17.6 Å². The molecular weight excluding hydrogens is 298 g/mol. The summed E-state index contributed by atoms with van der Waals surface area (Å²) in [4.78, 5) is 29.2. The van der Waals surface area contributed by atoms with Gasteiger partial charge in [-0.05, 0) is 12.1 Å². The number of nitrogens with zero attached hydrogens (tertiary/aromatic N) is 2. The number of para-hydroxylation sites is 1. The highest BCUT2D eigenvalue weighted by Gasteiger charge is 2.30. The van der Waals surface area contributed by atoms with Gasteiger partial charge in [-0.3, -0.25) is 4.79 Å². The van der Waals surface area contributed by atoms with Crippen molar-refractivity contribution in [3.63, 3.8) is 0 Å². The Kier molecular flexibility index (Phi) is 4.38. The van der Waals surface area contributed by atoms with Gasteiger partial charge in [-0.1, -0.05) is 18.2 Å². The van der Waals surface area contributed by atoms with E-state index in [2.05, 4.69) is 15.0 Å². The van der Waals surface area contributed by atoms with Crippen molar-refractivity contribution in [2.75, 3.05) is 18.6 Å². The summed E-state index contributed by atoms with van der Waals surface area (Å²) in [5.74, 6) is -0.0707. The molecule has 120 valence electrons. The van der Waals surface area contributed by atoms with E-state index in [1.807, 2.05) is 30.3 Å². The number of hydrogen-bond donors (Lipinski definition) is 1. The Balaban J connectivity index is 1.57. The summed E-state index contributed by atoms with van der Waals surface area (Å²) in [5, 5.41) is 3.23. The second-order valence-corrected chi connectivity index (χ2v) is 5.24. The van der Waals surface area contributed by atoms with Crippen LogP contribution in [0.25, 0.3) is 0 Å². The number of nitrogens with one attached hydrogen (secondary N) is 1. The first-order valence-corrected chi connectivity index (χ1v) is 7.29. The number of benzene rings is 1. The van der Waals surface area contributed by atoms with Gasteiger partial charge in [0.25, 0.3) is 0 Å². The predicted octanol–water partition coefficient (Wildman–Crippen LogP) is 1.36. The number of anilines is 1. The van der Waals surface area contributed by atoms with Crippen LogP contribution in [0, 0.1) is 0 Å². The molecule has 3 rings (SSSR count). The highest BCUT2D eigenvalue weighted by atomic mass is 16.5. The molecule has 1 aliphatic heterocycles. The number of esters is 1. The zero-order valence-corrected chi connectivity index (χ0v) is 12.7. The standard InChI is InChI=1S/C16H17N3O4/c1-22-16(21)13-10-23-14(18-13)8-17-11-7-15(20)19(9-11)12-5-3-2-4-6-12/h2-6,10-11,17H,7-9H2,1H3. The van der Waals surface area contributed by atoms with Gasteiger partial charge in [0, 0.05) is 24.7 Å². The lowest BCUT2D eigenvalue weighted by Gasteiger charge is -2.16. The summed E-state index contributed by atoms with van der Waals surface area (Å²) in [6.45, 7) is 0.936. The second-order valence-electron chi connectivity index (χ2n) is 5.24. The van der Waals surface area contributed by atoms with Gasteiger partial charge in [0.05, 0.1) is 13.7 Å². The fourth-order valence-corrected chi connectivity index (χ4v) is 2.52. The van der Waals surface area contributed by atoms with Gasteiger partial charge in [0.15, 0.2) is 5.69 Å². The maximum atomic E-state index is 12.1. The molecule has 1 N–H and O–H groups in total. The van der Waals surface area contributed by atoms with Crippen LogP contribution in [0.3, 0.4) is 0 Å². The first-order chi connectivity index (χ1) is 11.2. The third-order valence-electron chi connectivity index (χ3n) is 3.68. The lowest BCUT2D eigenvalue weighted by Crippen LogP contribution is -2.32. The van der Waals surface area contributed by atoms with Crippen LogP contribution in [-0.4, -0.2) is 36.6 Å². The molecule has 1 fully saturated rings. The fourth-order valence-electron chi connectivity index (χ4n) is 2.52. The van der Waals surface area contributed by atoms with Gasteiger partial charge < -0.3 is 19.4 Å². The number of rotatable bonds is 5. The van der Waals surface area contributed by atoms with E-state index >= 15 is 0 Å². The molecule has 1 aliphatic rings. The number of ether oxygens (including phenoxy) is 1. The smallest absolute Gasteiger partial charge is 0.360 e. The minimum absolute atomic E-state index is 0.0104. The average Bonchev–Trinajstić information content (AvgIpc) is 3.19. The number of carbonyl (C=O) groups excluding carboxylic acids is 2. The Bertz CT molecular complexity index is 698. The molecule has 7 nitrogen and oxygen atoms in total. The quantitative estimate of drug-likeness (QED) is 0.839. The van der Waals surface area contributed by atoms with Crippen molar-refractivity contribution in [2.45, 2.75) is 19.0 Å². The fraction of sp³-hybridized carbons (Fsp3) is 0.312. The van der Waals surface area contributed by atoms with Crippen LogP contribution in [0.15, 0.2) is 41.0 Å². The Hall–Kier alpha value is -2.67. The third-order valence-corrected chi connectivity index (χ3v) is 3.68. The van der Waals surface area contributed by atoms with E-state index in [1.54, 1.807) is 4.90 Å². The summed E-state index contributed by atoms with van der Waals surface area (Å²) in [6, 6.07) is 9.57. The maximum absolute atomic E-state index is 12.1. The van der Waals surface area contributed by atoms with E-state index in [0.29, 0.717) is 25.4 Å². The Morgan fingerprint density at radius 3 is 2.96 bits per heavy atom. The number of amides is 1. The first kappa shape index (κ1) is 15.2. The van der Waals surface area contributed by atoms with Crippen LogP contribution in [-0.2, 0) is 16.1 Å². The molecule has 0 saturated carbocycles. The summed E-state index contributed by atoms with van der Waals surface area (Å²) < 4.78 is 9.78. The lowest BCUT2D eigenvalue weighted by atomic mass is 10.2. The average molecular weight is 315 g/mol. The second kappa shape index (κ2) is 6.62. The maximum Gasteiger partial charge on any atom is 0.360 e. The van der Waals surface area contributed by atoms with Gasteiger partial charge in [-0.2, -0.15) is 0 Å². The van der Waals surface area contributed by atoms with E-state index in [9.17, 15) is 9.59 Å². The summed E-state index contributed by atoms with van der Waals surface area (Å²) in [6.07, 6.45) is 1.68. The molecule has 0 radical (unpaired) electrons. The van der Waals surface area contributed by atoms with Crippen molar-refractivity contribution in [1.82, 2.24) is 10.3 Å². The molecule has 1 aromatic heterocycles. The molecule has 23 heavy (non-hydrogen) atoms. The molecule has 1 aromatic carbocycles. The van der Waals surface area contributed by atoms with Crippen LogP contribution < -0.4 is 10.2 Å². The zero-order valence-electron chi connectivity index (χ0n) is 12.7. The number of aromatic nitrogens is 1. The predicted molar refractivity (Wildman–Crippen MR) is 81.9 cm³/mol. The van der Waals surface area contributed by atoms with Crippen LogP contribution in [0.5, 0.6) is 0 Å². The van der Waals surface area contributed by atoms with Crippen LogP contribution >= 0.6 is 0 Å². The van der Waals surface area contributed by atoms with Crippen molar-refractivity contribution >= 4 is 17.6 Å². The van der Waals surface area contributed by atoms with Crippen LogP contribution in [0.1, 0.15) is 22.8 Å². The van der Waals surface area contributed by atoms with Crippen molar-refractivity contribution in [1.29, 1.82) is 0 Å². The van der Waals surface area contributed by atoms with E-state index in [1.165, 1.54) is 13.4 Å². The van der Waals surface area contributed by atoms with Crippen molar-refractivity contribution in [3.05, 3.63) is 48.2 Å². The molecule has 1 saturated heterocycles. The largest absolute Gasteiger partial charge is 0.464 e. The van der Waals surface area contributed by atoms with E-state index < -0.39 is 5.97 Å². The van der Waals surface area contributed by atoms with Gasteiger partial charge in [0.2, 0.25) is 11.8 Å². The molecule has 1 atom stereocenters. The number of oxazole rings is 1. The van der Waals surface area contributed by atoms with Gasteiger partial charge in [-0.25, -0.2) is 9.78 Å². The van der Waals surface area contributed by atoms with Crippen molar-refractivity contribution < 1.29 is 18.7 Å². The van der Waals surface area contributed by atoms with Crippen LogP contribution in [0.2, 0.25) is 0 Å². The van der Waals surface area contributed by atoms with Crippen LogP contribution in [0.4, 0.5) is 5.69 Å². The first-order valence-electron chi connectivity index (χ1n) is 7.29. The van der Waals surface area contributed by atoms with Gasteiger partial charge >= 0.3 is 5.97 Å². The molecule has 0 spiro atoms. The molecule has 1 unspecified atom stereocenters. The normalized spacial score (nSPS) is 17.5. The molecular formula is C16H17N3O4. The molecule has 2 aromatic rings. The Morgan fingerprint density at radius 1 is 1.43 bits per heavy atom. The monoisotopic (exact) mass is 315 g/mol. The molecule has 7 heteroatoms. The lowest BCUT2D eigenvalue weighted by molar-refractivity contribution is -0.117. The Morgan fingerprint density at radius 2 is 2.22 bits per heavy atom. The molecule has 0 aliphatic carbocycles. The summed E-state index contributed by atoms with van der Waals surface area (Å²) in [5.41, 5.74) is 1.03.